The molecule has 0 spiro atoms. The molecule has 2 N–H and O–H groups in total. The van der Waals surface area contributed by atoms with Crippen molar-refractivity contribution in [3.63, 3.8) is 0 Å². The number of carboxylic acid groups (broad SMARTS) is 1. The Morgan fingerprint density at radius 3 is 2.68 bits per heavy atom. The Kier molecular flexibility index (Phi) is 6.19. The molecule has 3 aromatic rings. The van der Waals surface area contributed by atoms with Crippen molar-refractivity contribution in [1.29, 1.82) is 0 Å². The molecule has 0 saturated carbocycles. The van der Waals surface area contributed by atoms with E-state index >= 15 is 0 Å². The van der Waals surface area contributed by atoms with Gasteiger partial charge in [-0.2, -0.15) is 0 Å². The zero-order valence-electron chi connectivity index (χ0n) is 16.5. The molecule has 1 unspecified atom stereocenters. The molecule has 0 aliphatic rings. The van der Waals surface area contributed by atoms with Crippen molar-refractivity contribution < 1.29 is 9.90 Å². The summed E-state index contributed by atoms with van der Waals surface area (Å²) in [6.45, 7) is 6.10. The lowest BCUT2D eigenvalue weighted by Gasteiger charge is -2.18. The minimum atomic E-state index is -0.877. The molecule has 146 valence electrons. The standard InChI is InChI=1S/C22H26N4O2/c1-4-7-17-12-20(25-19(22(27)28)10-14(2)3)26-21(24-17)16-11-15-8-5-6-9-18(15)23-13-16/h5-6,8-9,11-14,19H,4,7,10H2,1-3H3,(H,27,28)(H,24,25,26). The van der Waals surface area contributed by atoms with Crippen molar-refractivity contribution in [1.82, 2.24) is 15.0 Å². The molecule has 6 heteroatoms. The first-order valence-corrected chi connectivity index (χ1v) is 9.68. The highest BCUT2D eigenvalue weighted by Crippen LogP contribution is 2.23. The number of pyridine rings is 1. The molecule has 1 atom stereocenters. The highest BCUT2D eigenvalue weighted by atomic mass is 16.4. The summed E-state index contributed by atoms with van der Waals surface area (Å²) in [6.07, 6.45) is 4.03. The molecule has 28 heavy (non-hydrogen) atoms. The monoisotopic (exact) mass is 378 g/mol. The van der Waals surface area contributed by atoms with E-state index in [1.165, 1.54) is 0 Å². The van der Waals surface area contributed by atoms with Crippen LogP contribution in [0.25, 0.3) is 22.3 Å². The van der Waals surface area contributed by atoms with Crippen LogP contribution >= 0.6 is 0 Å². The highest BCUT2D eigenvalue weighted by Gasteiger charge is 2.20. The third kappa shape index (κ3) is 4.82. The molecule has 0 radical (unpaired) electrons. The van der Waals surface area contributed by atoms with Crippen molar-refractivity contribution in [3.05, 3.63) is 48.3 Å². The number of rotatable bonds is 8. The molecule has 2 heterocycles. The second-order valence-corrected chi connectivity index (χ2v) is 7.40. The predicted molar refractivity (Wildman–Crippen MR) is 111 cm³/mol. The summed E-state index contributed by atoms with van der Waals surface area (Å²) in [5.74, 6) is 0.475. The van der Waals surface area contributed by atoms with Crippen LogP contribution < -0.4 is 5.32 Å². The Hall–Kier alpha value is -3.02. The molecule has 0 aliphatic carbocycles. The normalized spacial score (nSPS) is 12.3. The fourth-order valence-corrected chi connectivity index (χ4v) is 3.15. The molecule has 3 rings (SSSR count). The van der Waals surface area contributed by atoms with Gasteiger partial charge in [0.1, 0.15) is 11.9 Å². The van der Waals surface area contributed by atoms with Crippen LogP contribution in [0.15, 0.2) is 42.6 Å². The van der Waals surface area contributed by atoms with Crippen molar-refractivity contribution in [2.45, 2.75) is 46.1 Å². The largest absolute Gasteiger partial charge is 0.480 e. The molecular weight excluding hydrogens is 352 g/mol. The maximum atomic E-state index is 11.6. The van der Waals surface area contributed by atoms with E-state index in [0.717, 1.165) is 35.0 Å². The van der Waals surface area contributed by atoms with Crippen molar-refractivity contribution in [3.8, 4) is 11.4 Å². The van der Waals surface area contributed by atoms with Gasteiger partial charge >= 0.3 is 5.97 Å². The number of fused-ring (bicyclic) bond motifs is 1. The van der Waals surface area contributed by atoms with Gasteiger partial charge < -0.3 is 10.4 Å². The smallest absolute Gasteiger partial charge is 0.326 e. The van der Waals surface area contributed by atoms with E-state index in [-0.39, 0.29) is 5.92 Å². The van der Waals surface area contributed by atoms with Gasteiger partial charge in [0.05, 0.1) is 5.52 Å². The number of aromatic nitrogens is 3. The molecule has 0 fully saturated rings. The van der Waals surface area contributed by atoms with Gasteiger partial charge in [0.25, 0.3) is 0 Å². The van der Waals surface area contributed by atoms with Gasteiger partial charge in [0.2, 0.25) is 0 Å². The Morgan fingerprint density at radius 1 is 1.18 bits per heavy atom. The molecule has 0 amide bonds. The van der Waals surface area contributed by atoms with E-state index in [1.54, 1.807) is 6.20 Å². The van der Waals surface area contributed by atoms with E-state index in [4.69, 9.17) is 0 Å². The lowest BCUT2D eigenvalue weighted by molar-refractivity contribution is -0.138. The van der Waals surface area contributed by atoms with Crippen molar-refractivity contribution in [2.75, 3.05) is 5.32 Å². The van der Waals surface area contributed by atoms with E-state index < -0.39 is 12.0 Å². The number of carboxylic acids is 1. The van der Waals surface area contributed by atoms with Crippen LogP contribution in [0, 0.1) is 5.92 Å². The number of para-hydroxylation sites is 1. The summed E-state index contributed by atoms with van der Waals surface area (Å²) in [6, 6.07) is 11.1. The maximum absolute atomic E-state index is 11.6. The number of aryl methyl sites for hydroxylation is 1. The van der Waals surface area contributed by atoms with Crippen LogP contribution in [0.4, 0.5) is 5.82 Å². The molecule has 6 nitrogen and oxygen atoms in total. The summed E-state index contributed by atoms with van der Waals surface area (Å²) in [7, 11) is 0. The van der Waals surface area contributed by atoms with Crippen LogP contribution in [0.1, 0.15) is 39.3 Å². The van der Waals surface area contributed by atoms with Gasteiger partial charge in [0.15, 0.2) is 5.82 Å². The maximum Gasteiger partial charge on any atom is 0.326 e. The van der Waals surface area contributed by atoms with Crippen molar-refractivity contribution >= 4 is 22.7 Å². The first kappa shape index (κ1) is 19.7. The second kappa shape index (κ2) is 8.78. The van der Waals surface area contributed by atoms with Gasteiger partial charge in [-0.1, -0.05) is 45.4 Å². The molecule has 2 aromatic heterocycles. The van der Waals surface area contributed by atoms with Crippen LogP contribution in [0.5, 0.6) is 0 Å². The van der Waals surface area contributed by atoms with Gasteiger partial charge in [0, 0.05) is 28.9 Å². The number of carbonyl (C=O) groups is 1. The second-order valence-electron chi connectivity index (χ2n) is 7.40. The van der Waals surface area contributed by atoms with Gasteiger partial charge in [-0.3, -0.25) is 4.98 Å². The SMILES string of the molecule is CCCc1cc(NC(CC(C)C)C(=O)O)nc(-c2cnc3ccccc3c2)n1. The Balaban J connectivity index is 1.99. The van der Waals surface area contributed by atoms with E-state index in [1.807, 2.05) is 50.2 Å². The number of nitrogens with zero attached hydrogens (tertiary/aromatic N) is 3. The average Bonchev–Trinajstić information content (AvgIpc) is 2.67. The van der Waals surface area contributed by atoms with E-state index in [9.17, 15) is 9.90 Å². The Labute approximate surface area is 165 Å². The minimum absolute atomic E-state index is 0.259. The van der Waals surface area contributed by atoms with E-state index in [0.29, 0.717) is 18.1 Å². The van der Waals surface area contributed by atoms with Crippen LogP contribution in [0.2, 0.25) is 0 Å². The zero-order chi connectivity index (χ0) is 20.1. The number of benzene rings is 1. The van der Waals surface area contributed by atoms with Gasteiger partial charge in [-0.25, -0.2) is 14.8 Å². The first-order chi connectivity index (χ1) is 13.5. The van der Waals surface area contributed by atoms with Gasteiger partial charge in [-0.05, 0) is 30.9 Å². The summed E-state index contributed by atoms with van der Waals surface area (Å²) in [5, 5.41) is 13.6. The third-order valence-corrected chi connectivity index (χ3v) is 4.46. The average molecular weight is 378 g/mol. The van der Waals surface area contributed by atoms with E-state index in [2.05, 4.69) is 27.2 Å². The number of hydrogen-bond donors (Lipinski definition) is 2. The summed E-state index contributed by atoms with van der Waals surface area (Å²) in [5.41, 5.74) is 2.62. The van der Waals surface area contributed by atoms with Crippen molar-refractivity contribution in [2.24, 2.45) is 5.92 Å². The first-order valence-electron chi connectivity index (χ1n) is 9.68. The molecule has 0 aliphatic heterocycles. The Morgan fingerprint density at radius 2 is 1.96 bits per heavy atom. The number of anilines is 1. The summed E-state index contributed by atoms with van der Waals surface area (Å²) < 4.78 is 0. The zero-order valence-corrected chi connectivity index (χ0v) is 16.5. The van der Waals surface area contributed by atoms with Gasteiger partial charge in [-0.15, -0.1) is 0 Å². The van der Waals surface area contributed by atoms with Crippen LogP contribution in [0.3, 0.4) is 0 Å². The lowest BCUT2D eigenvalue weighted by Crippen LogP contribution is -2.31. The highest BCUT2D eigenvalue weighted by molar-refractivity contribution is 5.82. The predicted octanol–water partition coefficient (Wildman–Crippen LogP) is 4.56. The molecule has 0 bridgehead atoms. The van der Waals surface area contributed by atoms with Crippen LogP contribution in [-0.4, -0.2) is 32.1 Å². The minimum Gasteiger partial charge on any atom is -0.480 e. The number of hydrogen-bond acceptors (Lipinski definition) is 5. The summed E-state index contributed by atoms with van der Waals surface area (Å²) in [4.78, 5) is 25.4. The number of aliphatic carboxylic acids is 1. The quantitative estimate of drug-likeness (QED) is 0.598. The van der Waals surface area contributed by atoms with Crippen LogP contribution in [-0.2, 0) is 11.2 Å². The molecular formula is C22H26N4O2. The molecule has 0 saturated heterocycles. The lowest BCUT2D eigenvalue weighted by atomic mass is 10.0. The number of nitrogens with one attached hydrogen (secondary N) is 1. The molecule has 1 aromatic carbocycles. The third-order valence-electron chi connectivity index (χ3n) is 4.46. The fraction of sp³-hybridized carbons (Fsp3) is 0.364. The summed E-state index contributed by atoms with van der Waals surface area (Å²) >= 11 is 0. The fourth-order valence-electron chi connectivity index (χ4n) is 3.15. The Bertz CT molecular complexity index is 972. The topological polar surface area (TPSA) is 88.0 Å².